The van der Waals surface area contributed by atoms with Crippen LogP contribution >= 0.6 is 0 Å². The van der Waals surface area contributed by atoms with Gasteiger partial charge in [0.25, 0.3) is 0 Å². The highest BCUT2D eigenvalue weighted by molar-refractivity contribution is 5.65. The summed E-state index contributed by atoms with van der Waals surface area (Å²) in [5.74, 6) is 1.27. The van der Waals surface area contributed by atoms with Crippen LogP contribution < -0.4 is 0 Å². The van der Waals surface area contributed by atoms with Gasteiger partial charge in [-0.25, -0.2) is 4.68 Å². The van der Waals surface area contributed by atoms with Crippen LogP contribution in [0.25, 0.3) is 11.3 Å². The Labute approximate surface area is 121 Å². The van der Waals surface area contributed by atoms with E-state index in [4.69, 9.17) is 0 Å². The van der Waals surface area contributed by atoms with Crippen LogP contribution in [0.5, 0.6) is 5.88 Å². The fraction of sp³-hybridized carbons (Fsp3) is 0.471. The predicted octanol–water partition coefficient (Wildman–Crippen LogP) is 4.11. The molecule has 0 radical (unpaired) electrons. The second kappa shape index (κ2) is 6.12. The minimum absolute atomic E-state index is 0.325. The number of aromatic hydroxyl groups is 1. The highest BCUT2D eigenvalue weighted by atomic mass is 16.3. The van der Waals surface area contributed by atoms with Gasteiger partial charge in [-0.2, -0.15) is 5.10 Å². The minimum Gasteiger partial charge on any atom is -0.493 e. The lowest BCUT2D eigenvalue weighted by molar-refractivity contribution is 0.367. The molecule has 1 aromatic carbocycles. The highest BCUT2D eigenvalue weighted by Gasteiger charge is 2.19. The first kappa shape index (κ1) is 14.6. The Kier molecular flexibility index (Phi) is 4.48. The average molecular weight is 272 g/mol. The van der Waals surface area contributed by atoms with Crippen LogP contribution in [0, 0.1) is 11.8 Å². The third kappa shape index (κ3) is 3.21. The zero-order valence-corrected chi connectivity index (χ0v) is 12.8. The molecule has 0 aliphatic rings. The molecule has 0 spiro atoms. The van der Waals surface area contributed by atoms with E-state index < -0.39 is 0 Å². The zero-order chi connectivity index (χ0) is 14.7. The molecule has 20 heavy (non-hydrogen) atoms. The molecule has 0 atom stereocenters. The maximum Gasteiger partial charge on any atom is 0.213 e. The summed E-state index contributed by atoms with van der Waals surface area (Å²) in [6.45, 7) is 9.32. The summed E-state index contributed by atoms with van der Waals surface area (Å²) in [6.07, 6.45) is 0.841. The summed E-state index contributed by atoms with van der Waals surface area (Å²) in [5.41, 5.74) is 2.95. The van der Waals surface area contributed by atoms with Crippen LogP contribution in [0.1, 0.15) is 33.3 Å². The van der Waals surface area contributed by atoms with Crippen LogP contribution in [0.4, 0.5) is 0 Å². The lowest BCUT2D eigenvalue weighted by Gasteiger charge is -2.07. The van der Waals surface area contributed by atoms with Gasteiger partial charge in [-0.3, -0.25) is 0 Å². The molecule has 0 saturated heterocycles. The van der Waals surface area contributed by atoms with Gasteiger partial charge in [0, 0.05) is 17.7 Å². The van der Waals surface area contributed by atoms with Crippen molar-refractivity contribution in [2.24, 2.45) is 11.8 Å². The highest BCUT2D eigenvalue weighted by Crippen LogP contribution is 2.32. The normalized spacial score (nSPS) is 11.5. The SMILES string of the molecule is CC(C)Cc1c(-c2ccccc2)nn(CC(C)C)c1O. The summed E-state index contributed by atoms with van der Waals surface area (Å²) in [7, 11) is 0. The van der Waals surface area contributed by atoms with Crippen molar-refractivity contribution < 1.29 is 5.11 Å². The van der Waals surface area contributed by atoms with Gasteiger partial charge >= 0.3 is 0 Å². The van der Waals surface area contributed by atoms with Crippen LogP contribution in [0.15, 0.2) is 30.3 Å². The average Bonchev–Trinajstić information content (AvgIpc) is 2.68. The van der Waals surface area contributed by atoms with Crippen molar-refractivity contribution in [2.75, 3.05) is 0 Å². The molecule has 3 heteroatoms. The monoisotopic (exact) mass is 272 g/mol. The molecular weight excluding hydrogens is 248 g/mol. The van der Waals surface area contributed by atoms with Gasteiger partial charge in [-0.15, -0.1) is 0 Å². The number of rotatable bonds is 5. The minimum atomic E-state index is 0.325. The molecule has 0 saturated carbocycles. The smallest absolute Gasteiger partial charge is 0.213 e. The van der Waals surface area contributed by atoms with E-state index in [2.05, 4.69) is 32.8 Å². The molecule has 0 fully saturated rings. The van der Waals surface area contributed by atoms with Crippen molar-refractivity contribution in [3.63, 3.8) is 0 Å². The van der Waals surface area contributed by atoms with Crippen molar-refractivity contribution in [3.05, 3.63) is 35.9 Å². The van der Waals surface area contributed by atoms with E-state index in [1.165, 1.54) is 0 Å². The number of nitrogens with zero attached hydrogens (tertiary/aromatic N) is 2. The van der Waals surface area contributed by atoms with E-state index >= 15 is 0 Å². The molecule has 0 aliphatic heterocycles. The van der Waals surface area contributed by atoms with Crippen LogP contribution in [0.2, 0.25) is 0 Å². The Balaban J connectivity index is 2.48. The number of hydrogen-bond donors (Lipinski definition) is 1. The zero-order valence-electron chi connectivity index (χ0n) is 12.8. The molecule has 1 N–H and O–H groups in total. The van der Waals surface area contributed by atoms with E-state index in [0.29, 0.717) is 17.7 Å². The van der Waals surface area contributed by atoms with Crippen molar-refractivity contribution in [1.82, 2.24) is 9.78 Å². The Morgan fingerprint density at radius 2 is 1.70 bits per heavy atom. The first-order chi connectivity index (χ1) is 9.49. The summed E-state index contributed by atoms with van der Waals surface area (Å²) in [6, 6.07) is 10.1. The lowest BCUT2D eigenvalue weighted by atomic mass is 9.99. The maximum absolute atomic E-state index is 10.5. The van der Waals surface area contributed by atoms with Gasteiger partial charge in [0.05, 0.1) is 5.69 Å². The fourth-order valence-electron chi connectivity index (χ4n) is 2.39. The number of hydrogen-bond acceptors (Lipinski definition) is 2. The molecule has 0 aliphatic carbocycles. The standard InChI is InChI=1S/C17H24N2O/c1-12(2)10-15-16(14-8-6-5-7-9-14)18-19(17(15)20)11-13(3)4/h5-9,12-13,20H,10-11H2,1-4H3. The molecule has 1 aromatic heterocycles. The largest absolute Gasteiger partial charge is 0.493 e. The molecule has 0 unspecified atom stereocenters. The van der Waals surface area contributed by atoms with Crippen LogP contribution in [-0.4, -0.2) is 14.9 Å². The van der Waals surface area contributed by atoms with Gasteiger partial charge in [-0.1, -0.05) is 58.0 Å². The van der Waals surface area contributed by atoms with Crippen LogP contribution in [0.3, 0.4) is 0 Å². The van der Waals surface area contributed by atoms with Gasteiger partial charge in [0.2, 0.25) is 5.88 Å². The fourth-order valence-corrected chi connectivity index (χ4v) is 2.39. The van der Waals surface area contributed by atoms with Crippen molar-refractivity contribution >= 4 is 0 Å². The van der Waals surface area contributed by atoms with E-state index in [1.54, 1.807) is 4.68 Å². The van der Waals surface area contributed by atoms with Crippen molar-refractivity contribution in [1.29, 1.82) is 0 Å². The summed E-state index contributed by atoms with van der Waals surface area (Å²) in [5, 5.41) is 15.1. The molecule has 2 rings (SSSR count). The molecule has 0 bridgehead atoms. The third-order valence-corrected chi connectivity index (χ3v) is 3.22. The summed E-state index contributed by atoms with van der Waals surface area (Å²) < 4.78 is 1.74. The Morgan fingerprint density at radius 1 is 1.05 bits per heavy atom. The Bertz CT molecular complexity index is 556. The van der Waals surface area contributed by atoms with Gasteiger partial charge in [0.15, 0.2) is 0 Å². The van der Waals surface area contributed by atoms with Gasteiger partial charge in [-0.05, 0) is 18.3 Å². The molecule has 0 amide bonds. The molecule has 108 valence electrons. The first-order valence-electron chi connectivity index (χ1n) is 7.33. The van der Waals surface area contributed by atoms with E-state index in [1.807, 2.05) is 30.3 Å². The summed E-state index contributed by atoms with van der Waals surface area (Å²) >= 11 is 0. The number of aromatic nitrogens is 2. The third-order valence-electron chi connectivity index (χ3n) is 3.22. The second-order valence-corrected chi connectivity index (χ2v) is 6.19. The first-order valence-corrected chi connectivity index (χ1v) is 7.33. The Hall–Kier alpha value is -1.77. The predicted molar refractivity (Wildman–Crippen MR) is 82.7 cm³/mol. The number of benzene rings is 1. The Morgan fingerprint density at radius 3 is 2.25 bits per heavy atom. The maximum atomic E-state index is 10.5. The van der Waals surface area contributed by atoms with Gasteiger partial charge in [0.1, 0.15) is 0 Å². The van der Waals surface area contributed by atoms with Gasteiger partial charge < -0.3 is 5.11 Å². The van der Waals surface area contributed by atoms with E-state index in [0.717, 1.165) is 29.8 Å². The molecule has 1 heterocycles. The second-order valence-electron chi connectivity index (χ2n) is 6.19. The van der Waals surface area contributed by atoms with Crippen LogP contribution in [-0.2, 0) is 13.0 Å². The van der Waals surface area contributed by atoms with Crippen molar-refractivity contribution in [3.8, 4) is 17.1 Å². The molecule has 2 aromatic rings. The lowest BCUT2D eigenvalue weighted by Crippen LogP contribution is -2.05. The van der Waals surface area contributed by atoms with Crippen molar-refractivity contribution in [2.45, 2.75) is 40.7 Å². The molecule has 3 nitrogen and oxygen atoms in total. The molecular formula is C17H24N2O. The quantitative estimate of drug-likeness (QED) is 0.889. The summed E-state index contributed by atoms with van der Waals surface area (Å²) in [4.78, 5) is 0. The topological polar surface area (TPSA) is 38.0 Å². The van der Waals surface area contributed by atoms with E-state index in [-0.39, 0.29) is 0 Å². The van der Waals surface area contributed by atoms with E-state index in [9.17, 15) is 5.11 Å².